The van der Waals surface area contributed by atoms with Gasteiger partial charge in [0.25, 0.3) is 0 Å². The zero-order valence-electron chi connectivity index (χ0n) is 10.6. The van der Waals surface area contributed by atoms with E-state index in [1.165, 1.54) is 0 Å². The second-order valence-corrected chi connectivity index (χ2v) is 9.01. The Balaban J connectivity index is 2.77. The van der Waals surface area contributed by atoms with Crippen LogP contribution in [0.4, 0.5) is 0 Å². The monoisotopic (exact) mass is 388 g/mol. The molecule has 0 aromatic rings. The molecule has 17 heavy (non-hydrogen) atoms. The molecule has 0 radical (unpaired) electrons. The highest BCUT2D eigenvalue weighted by atomic mass is 79.9. The van der Waals surface area contributed by atoms with Crippen molar-refractivity contribution in [2.75, 3.05) is 22.2 Å². The molecule has 0 aromatic carbocycles. The van der Waals surface area contributed by atoms with E-state index < -0.39 is 9.84 Å². The lowest BCUT2D eigenvalue weighted by Crippen LogP contribution is -2.35. The standard InChI is InChI=1S/C12H22Br2O2S/c1-10(2)3-5-12(8-13,9-14)11-4-6-17(15,16)7-11/h10-11H,3-9H2,1-2H3. The van der Waals surface area contributed by atoms with E-state index in [9.17, 15) is 8.42 Å². The topological polar surface area (TPSA) is 34.1 Å². The van der Waals surface area contributed by atoms with Crippen molar-refractivity contribution in [2.24, 2.45) is 17.3 Å². The van der Waals surface area contributed by atoms with Gasteiger partial charge in [0.2, 0.25) is 0 Å². The molecule has 1 fully saturated rings. The van der Waals surface area contributed by atoms with Crippen LogP contribution in [0.15, 0.2) is 0 Å². The van der Waals surface area contributed by atoms with Gasteiger partial charge in [-0.3, -0.25) is 0 Å². The van der Waals surface area contributed by atoms with Gasteiger partial charge in [0.1, 0.15) is 0 Å². The molecule has 0 N–H and O–H groups in total. The maximum absolute atomic E-state index is 11.6. The maximum atomic E-state index is 11.6. The first-order valence-electron chi connectivity index (χ1n) is 6.17. The van der Waals surface area contributed by atoms with Crippen LogP contribution in [0.25, 0.3) is 0 Å². The van der Waals surface area contributed by atoms with Crippen LogP contribution >= 0.6 is 31.9 Å². The summed E-state index contributed by atoms with van der Waals surface area (Å²) in [5.74, 6) is 1.74. The third-order valence-electron chi connectivity index (χ3n) is 3.85. The molecule has 1 heterocycles. The number of halogens is 2. The Morgan fingerprint density at radius 2 is 1.88 bits per heavy atom. The van der Waals surface area contributed by atoms with Gasteiger partial charge in [0.15, 0.2) is 9.84 Å². The molecule has 1 aliphatic rings. The lowest BCUT2D eigenvalue weighted by molar-refractivity contribution is 0.219. The van der Waals surface area contributed by atoms with Gasteiger partial charge in [-0.2, -0.15) is 0 Å². The van der Waals surface area contributed by atoms with E-state index in [4.69, 9.17) is 0 Å². The third kappa shape index (κ3) is 4.20. The van der Waals surface area contributed by atoms with Gasteiger partial charge in [0.05, 0.1) is 11.5 Å². The number of hydrogen-bond acceptors (Lipinski definition) is 2. The van der Waals surface area contributed by atoms with E-state index in [0.717, 1.165) is 29.9 Å². The van der Waals surface area contributed by atoms with Crippen molar-refractivity contribution < 1.29 is 8.42 Å². The van der Waals surface area contributed by atoms with Gasteiger partial charge in [-0.05, 0) is 30.1 Å². The van der Waals surface area contributed by atoms with E-state index in [1.54, 1.807) is 0 Å². The van der Waals surface area contributed by atoms with E-state index in [1.807, 2.05) is 0 Å². The second-order valence-electron chi connectivity index (χ2n) is 5.66. The van der Waals surface area contributed by atoms with Crippen molar-refractivity contribution in [1.29, 1.82) is 0 Å². The highest BCUT2D eigenvalue weighted by molar-refractivity contribution is 9.09. The highest BCUT2D eigenvalue weighted by Gasteiger charge is 2.42. The summed E-state index contributed by atoms with van der Waals surface area (Å²) in [6.07, 6.45) is 3.09. The maximum Gasteiger partial charge on any atom is 0.150 e. The zero-order valence-corrected chi connectivity index (χ0v) is 14.6. The fourth-order valence-corrected chi connectivity index (χ4v) is 6.79. The fraction of sp³-hybridized carbons (Fsp3) is 1.00. The summed E-state index contributed by atoms with van der Waals surface area (Å²) in [6.45, 7) is 4.44. The Hall–Kier alpha value is 0.910. The molecule has 1 rings (SSSR count). The lowest BCUT2D eigenvalue weighted by atomic mass is 9.74. The van der Waals surface area contributed by atoms with E-state index in [2.05, 4.69) is 45.7 Å². The van der Waals surface area contributed by atoms with E-state index in [-0.39, 0.29) is 5.41 Å². The minimum atomic E-state index is -2.78. The summed E-state index contributed by atoms with van der Waals surface area (Å²) in [5.41, 5.74) is 0.105. The average Bonchev–Trinajstić information content (AvgIpc) is 2.61. The van der Waals surface area contributed by atoms with Crippen molar-refractivity contribution >= 4 is 41.7 Å². The predicted octanol–water partition coefficient (Wildman–Crippen LogP) is 3.63. The molecule has 0 aromatic heterocycles. The van der Waals surface area contributed by atoms with Gasteiger partial charge in [-0.15, -0.1) is 0 Å². The summed E-state index contributed by atoms with van der Waals surface area (Å²) in [4.78, 5) is 0. The number of sulfone groups is 1. The Bertz CT molecular complexity index is 334. The Morgan fingerprint density at radius 1 is 1.29 bits per heavy atom. The summed E-state index contributed by atoms with van der Waals surface area (Å²) in [7, 11) is -2.78. The van der Waals surface area contributed by atoms with Crippen LogP contribution < -0.4 is 0 Å². The van der Waals surface area contributed by atoms with Crippen molar-refractivity contribution in [1.82, 2.24) is 0 Å². The average molecular weight is 390 g/mol. The fourth-order valence-electron chi connectivity index (χ4n) is 2.45. The number of rotatable bonds is 6. The minimum Gasteiger partial charge on any atom is -0.229 e. The quantitative estimate of drug-likeness (QED) is 0.650. The summed E-state index contributed by atoms with van der Waals surface area (Å²) in [5, 5.41) is 1.77. The van der Waals surface area contributed by atoms with Gasteiger partial charge in [0, 0.05) is 10.7 Å². The van der Waals surface area contributed by atoms with Crippen molar-refractivity contribution in [3.05, 3.63) is 0 Å². The molecule has 1 atom stereocenters. The van der Waals surface area contributed by atoms with Crippen LogP contribution in [-0.4, -0.2) is 30.6 Å². The first-order chi connectivity index (χ1) is 7.85. The zero-order chi connectivity index (χ0) is 13.1. The molecule has 0 amide bonds. The largest absolute Gasteiger partial charge is 0.229 e. The van der Waals surface area contributed by atoms with Crippen molar-refractivity contribution in [2.45, 2.75) is 33.1 Å². The van der Waals surface area contributed by atoms with E-state index >= 15 is 0 Å². The minimum absolute atomic E-state index is 0.105. The van der Waals surface area contributed by atoms with Crippen LogP contribution in [0, 0.1) is 17.3 Å². The van der Waals surface area contributed by atoms with Crippen LogP contribution in [0.2, 0.25) is 0 Å². The van der Waals surface area contributed by atoms with Crippen LogP contribution in [0.1, 0.15) is 33.1 Å². The first-order valence-corrected chi connectivity index (χ1v) is 10.2. The Labute approximate surface area is 122 Å². The number of alkyl halides is 2. The molecule has 2 nitrogen and oxygen atoms in total. The molecular weight excluding hydrogens is 368 g/mol. The van der Waals surface area contributed by atoms with Crippen LogP contribution in [0.3, 0.4) is 0 Å². The van der Waals surface area contributed by atoms with Gasteiger partial charge in [-0.1, -0.05) is 52.1 Å². The van der Waals surface area contributed by atoms with Crippen LogP contribution in [-0.2, 0) is 9.84 Å². The Kier molecular flexibility index (Phi) is 5.99. The van der Waals surface area contributed by atoms with Crippen molar-refractivity contribution in [3.63, 3.8) is 0 Å². The van der Waals surface area contributed by atoms with Gasteiger partial charge >= 0.3 is 0 Å². The third-order valence-corrected chi connectivity index (χ3v) is 7.85. The van der Waals surface area contributed by atoms with Crippen LogP contribution in [0.5, 0.6) is 0 Å². The predicted molar refractivity (Wildman–Crippen MR) is 80.9 cm³/mol. The van der Waals surface area contributed by atoms with Gasteiger partial charge in [-0.25, -0.2) is 8.42 Å². The molecule has 5 heteroatoms. The smallest absolute Gasteiger partial charge is 0.150 e. The normalized spacial score (nSPS) is 24.4. The van der Waals surface area contributed by atoms with Crippen molar-refractivity contribution in [3.8, 4) is 0 Å². The Morgan fingerprint density at radius 3 is 2.24 bits per heavy atom. The summed E-state index contributed by atoms with van der Waals surface area (Å²) in [6, 6.07) is 0. The molecule has 0 aliphatic carbocycles. The molecule has 1 aliphatic heterocycles. The second kappa shape index (κ2) is 6.38. The summed E-state index contributed by atoms with van der Waals surface area (Å²) >= 11 is 7.21. The molecule has 0 spiro atoms. The molecule has 0 saturated carbocycles. The molecule has 1 saturated heterocycles. The SMILES string of the molecule is CC(C)CCC(CBr)(CBr)C1CCS(=O)(=O)C1. The van der Waals surface area contributed by atoms with E-state index in [0.29, 0.717) is 23.3 Å². The first kappa shape index (κ1) is 16.0. The lowest BCUT2D eigenvalue weighted by Gasteiger charge is -2.36. The molecular formula is C12H22Br2O2S. The molecule has 1 unspecified atom stereocenters. The number of hydrogen-bond donors (Lipinski definition) is 0. The van der Waals surface area contributed by atoms with Gasteiger partial charge < -0.3 is 0 Å². The molecule has 0 bridgehead atoms. The summed E-state index contributed by atoms with van der Waals surface area (Å²) < 4.78 is 23.3. The highest BCUT2D eigenvalue weighted by Crippen LogP contribution is 2.43. The molecule has 102 valence electrons.